The van der Waals surface area contributed by atoms with Crippen LogP contribution in [0.25, 0.3) is 0 Å². The van der Waals surface area contributed by atoms with E-state index in [1.54, 1.807) is 23.2 Å². The highest BCUT2D eigenvalue weighted by Crippen LogP contribution is 2.31. The Morgan fingerprint density at radius 1 is 1.26 bits per heavy atom. The lowest BCUT2D eigenvalue weighted by Gasteiger charge is -2.24. The van der Waals surface area contributed by atoms with E-state index < -0.39 is 11.7 Å². The average molecular weight is 369 g/mol. The van der Waals surface area contributed by atoms with Gasteiger partial charge >= 0.3 is 0 Å². The number of nitrogens with zero attached hydrogens (tertiary/aromatic N) is 4. The molecule has 0 saturated heterocycles. The number of hydrogen-bond donors (Lipinski definition) is 2. The summed E-state index contributed by atoms with van der Waals surface area (Å²) in [5.74, 6) is -0.0273. The maximum Gasteiger partial charge on any atom is 0.274 e. The number of methoxy groups -OCH3 is 1. The number of rotatable bonds is 6. The second-order valence-corrected chi connectivity index (χ2v) is 5.43. The molecule has 0 aliphatic heterocycles. The zero-order valence-electron chi connectivity index (χ0n) is 14.3. The van der Waals surface area contributed by atoms with Crippen LogP contribution in [0.15, 0.2) is 55.1 Å². The Morgan fingerprint density at radius 3 is 2.78 bits per heavy atom. The Bertz CT molecular complexity index is 939. The molecular weight excluding hydrogens is 353 g/mol. The van der Waals surface area contributed by atoms with Crippen molar-refractivity contribution in [3.63, 3.8) is 0 Å². The summed E-state index contributed by atoms with van der Waals surface area (Å²) >= 11 is 0. The number of hydroxylamine groups is 1. The predicted molar refractivity (Wildman–Crippen MR) is 94.3 cm³/mol. The first kappa shape index (κ1) is 18.2. The molecule has 0 aliphatic rings. The molecule has 1 amide bonds. The third-order valence-electron chi connectivity index (χ3n) is 3.80. The van der Waals surface area contributed by atoms with Gasteiger partial charge in [-0.3, -0.25) is 15.0 Å². The highest BCUT2D eigenvalue weighted by Gasteiger charge is 2.19. The van der Waals surface area contributed by atoms with Crippen molar-refractivity contribution in [3.05, 3.63) is 72.1 Å². The molecule has 0 atom stereocenters. The molecule has 0 spiro atoms. The molecule has 8 nitrogen and oxygen atoms in total. The molecule has 0 aliphatic carbocycles. The molecule has 3 aromatic rings. The maximum absolute atomic E-state index is 14.5. The van der Waals surface area contributed by atoms with E-state index in [1.165, 1.54) is 43.3 Å². The van der Waals surface area contributed by atoms with Gasteiger partial charge in [-0.15, -0.1) is 0 Å². The third kappa shape index (κ3) is 3.98. The van der Waals surface area contributed by atoms with Crippen molar-refractivity contribution in [2.45, 2.75) is 6.54 Å². The van der Waals surface area contributed by atoms with Gasteiger partial charge in [-0.05, 0) is 24.3 Å². The Hall–Kier alpha value is -3.59. The lowest BCUT2D eigenvalue weighted by atomic mass is 10.1. The molecule has 3 rings (SSSR count). The van der Waals surface area contributed by atoms with Crippen molar-refractivity contribution in [2.75, 3.05) is 12.0 Å². The van der Waals surface area contributed by atoms with Crippen molar-refractivity contribution in [3.8, 4) is 5.75 Å². The van der Waals surface area contributed by atoms with E-state index in [0.29, 0.717) is 22.9 Å². The van der Waals surface area contributed by atoms with Gasteiger partial charge in [-0.25, -0.2) is 19.8 Å². The molecular formula is C18H16FN5O3. The van der Waals surface area contributed by atoms with Crippen LogP contribution in [0, 0.1) is 5.82 Å². The number of carbonyl (C=O) groups excluding carboxylic acids is 1. The summed E-state index contributed by atoms with van der Waals surface area (Å²) in [5.41, 5.74) is 1.77. The third-order valence-corrected chi connectivity index (χ3v) is 3.80. The summed E-state index contributed by atoms with van der Waals surface area (Å²) in [5, 5.41) is 8.68. The number of amides is 1. The van der Waals surface area contributed by atoms with E-state index in [0.717, 1.165) is 6.07 Å². The van der Waals surface area contributed by atoms with Crippen LogP contribution in [0.5, 0.6) is 5.75 Å². The lowest BCUT2D eigenvalue weighted by molar-refractivity contribution is 0.0706. The molecule has 0 fully saturated rings. The summed E-state index contributed by atoms with van der Waals surface area (Å²) in [6, 6.07) is 7.37. The Morgan fingerprint density at radius 2 is 2.11 bits per heavy atom. The first-order chi connectivity index (χ1) is 13.1. The summed E-state index contributed by atoms with van der Waals surface area (Å²) in [4.78, 5) is 25.7. The molecule has 9 heteroatoms. The molecule has 27 heavy (non-hydrogen) atoms. The number of anilines is 2. The molecule has 138 valence electrons. The van der Waals surface area contributed by atoms with Crippen LogP contribution < -0.4 is 15.1 Å². The van der Waals surface area contributed by atoms with Crippen LogP contribution in [-0.2, 0) is 6.54 Å². The fraction of sp³-hybridized carbons (Fsp3) is 0.111. The number of benzene rings is 1. The predicted octanol–water partition coefficient (Wildman–Crippen LogP) is 2.48. The minimum Gasteiger partial charge on any atom is -0.493 e. The van der Waals surface area contributed by atoms with Gasteiger partial charge < -0.3 is 9.64 Å². The Kier molecular flexibility index (Phi) is 5.53. The number of nitrogens with one attached hydrogen (secondary N) is 1. The van der Waals surface area contributed by atoms with Crippen molar-refractivity contribution >= 4 is 17.5 Å². The smallest absolute Gasteiger partial charge is 0.274 e. The zero-order valence-corrected chi connectivity index (χ0v) is 14.3. The average Bonchev–Trinajstić information content (AvgIpc) is 2.73. The molecule has 0 saturated carbocycles. The monoisotopic (exact) mass is 369 g/mol. The standard InChI is InChI=1S/C18H16FN5O3/c1-27-15-3-2-6-22-17(15)24(16-10-20-7-8-21-16)11-13-5-4-12(9-14(13)19)18(25)23-26/h2-10,26H,11H2,1H3,(H,23,25). The SMILES string of the molecule is COc1cccnc1N(Cc1ccc(C(=O)NO)cc1F)c1cnccn1. The molecule has 2 aromatic heterocycles. The fourth-order valence-electron chi connectivity index (χ4n) is 2.49. The molecule has 2 heterocycles. The summed E-state index contributed by atoms with van der Waals surface area (Å²) in [6.45, 7) is 0.0684. The van der Waals surface area contributed by atoms with E-state index in [9.17, 15) is 9.18 Å². The normalized spacial score (nSPS) is 10.3. The van der Waals surface area contributed by atoms with E-state index >= 15 is 0 Å². The van der Waals surface area contributed by atoms with Gasteiger partial charge in [0.2, 0.25) is 0 Å². The van der Waals surface area contributed by atoms with Crippen molar-refractivity contribution < 1.29 is 19.1 Å². The minimum atomic E-state index is -0.794. The number of pyridine rings is 1. The lowest BCUT2D eigenvalue weighted by Crippen LogP contribution is -2.22. The molecule has 0 bridgehead atoms. The number of aromatic nitrogens is 3. The van der Waals surface area contributed by atoms with E-state index in [1.807, 2.05) is 0 Å². The van der Waals surface area contributed by atoms with Gasteiger partial charge in [0.1, 0.15) is 5.82 Å². The molecule has 1 aromatic carbocycles. The van der Waals surface area contributed by atoms with Crippen molar-refractivity contribution in [2.24, 2.45) is 0 Å². The zero-order chi connectivity index (χ0) is 19.2. The van der Waals surface area contributed by atoms with E-state index in [4.69, 9.17) is 9.94 Å². The molecule has 0 radical (unpaired) electrons. The van der Waals surface area contributed by atoms with Crippen molar-refractivity contribution in [1.29, 1.82) is 0 Å². The highest BCUT2D eigenvalue weighted by molar-refractivity contribution is 5.93. The van der Waals surface area contributed by atoms with Gasteiger partial charge in [0, 0.05) is 29.7 Å². The second-order valence-electron chi connectivity index (χ2n) is 5.43. The van der Waals surface area contributed by atoms with Crippen molar-refractivity contribution in [1.82, 2.24) is 20.4 Å². The summed E-state index contributed by atoms with van der Waals surface area (Å²) in [7, 11) is 1.51. The summed E-state index contributed by atoms with van der Waals surface area (Å²) < 4.78 is 19.9. The second kappa shape index (κ2) is 8.19. The number of hydrogen-bond acceptors (Lipinski definition) is 7. The van der Waals surface area contributed by atoms with Crippen LogP contribution in [0.1, 0.15) is 15.9 Å². The fourth-order valence-corrected chi connectivity index (χ4v) is 2.49. The van der Waals surface area contributed by atoms with Gasteiger partial charge in [0.15, 0.2) is 17.4 Å². The quantitative estimate of drug-likeness (QED) is 0.508. The minimum absolute atomic E-state index is 0.000203. The Labute approximate surface area is 154 Å². The molecule has 0 unspecified atom stereocenters. The topological polar surface area (TPSA) is 100 Å². The van der Waals surface area contributed by atoms with Crippen LogP contribution in [0.4, 0.5) is 16.0 Å². The van der Waals surface area contributed by atoms with Crippen LogP contribution >= 0.6 is 0 Å². The number of halogens is 1. The first-order valence-electron chi connectivity index (χ1n) is 7.89. The maximum atomic E-state index is 14.5. The highest BCUT2D eigenvalue weighted by atomic mass is 19.1. The van der Waals surface area contributed by atoms with Crippen LogP contribution in [0.3, 0.4) is 0 Å². The van der Waals surface area contributed by atoms with E-state index in [2.05, 4.69) is 15.0 Å². The summed E-state index contributed by atoms with van der Waals surface area (Å²) in [6.07, 6.45) is 6.16. The van der Waals surface area contributed by atoms with Crippen LogP contribution in [0.2, 0.25) is 0 Å². The van der Waals surface area contributed by atoms with Gasteiger partial charge in [0.05, 0.1) is 19.9 Å². The number of carbonyl (C=O) groups is 1. The van der Waals surface area contributed by atoms with Gasteiger partial charge in [0.25, 0.3) is 5.91 Å². The Balaban J connectivity index is 2.01. The van der Waals surface area contributed by atoms with Gasteiger partial charge in [-0.2, -0.15) is 0 Å². The number of ether oxygens (including phenoxy) is 1. The van der Waals surface area contributed by atoms with Crippen LogP contribution in [-0.4, -0.2) is 33.2 Å². The largest absolute Gasteiger partial charge is 0.493 e. The molecule has 2 N–H and O–H groups in total. The van der Waals surface area contributed by atoms with Gasteiger partial charge in [-0.1, -0.05) is 6.07 Å². The van der Waals surface area contributed by atoms with E-state index in [-0.39, 0.29) is 12.1 Å². The first-order valence-corrected chi connectivity index (χ1v) is 7.89.